The first-order valence-electron chi connectivity index (χ1n) is 7.51. The number of anilines is 1. The third-order valence-corrected chi connectivity index (χ3v) is 3.83. The molecule has 1 fully saturated rings. The summed E-state index contributed by atoms with van der Waals surface area (Å²) in [6.07, 6.45) is 1.82. The molecule has 3 heterocycles. The van der Waals surface area contributed by atoms with E-state index in [2.05, 4.69) is 24.8 Å². The van der Waals surface area contributed by atoms with Crippen molar-refractivity contribution in [1.29, 1.82) is 0 Å². The number of methoxy groups -OCH3 is 1. The summed E-state index contributed by atoms with van der Waals surface area (Å²) in [6, 6.07) is 7.88. The van der Waals surface area contributed by atoms with Crippen molar-refractivity contribution in [2.24, 2.45) is 0 Å². The molecule has 0 atom stereocenters. The molecule has 0 spiro atoms. The van der Waals surface area contributed by atoms with Gasteiger partial charge in [-0.2, -0.15) is 0 Å². The monoisotopic (exact) mass is 299 g/mol. The van der Waals surface area contributed by atoms with E-state index >= 15 is 0 Å². The lowest BCUT2D eigenvalue weighted by atomic mass is 10.2. The Hall–Kier alpha value is -2.21. The van der Waals surface area contributed by atoms with Crippen LogP contribution in [-0.4, -0.2) is 53.1 Å². The van der Waals surface area contributed by atoms with Crippen molar-refractivity contribution in [3.63, 3.8) is 0 Å². The lowest BCUT2D eigenvalue weighted by Crippen LogP contribution is -2.46. The highest BCUT2D eigenvalue weighted by molar-refractivity contribution is 5.38. The molecule has 0 bridgehead atoms. The molecule has 1 saturated heterocycles. The Balaban J connectivity index is 1.57. The predicted molar refractivity (Wildman–Crippen MR) is 85.0 cm³/mol. The highest BCUT2D eigenvalue weighted by atomic mass is 16.5. The Morgan fingerprint density at radius 3 is 2.64 bits per heavy atom. The van der Waals surface area contributed by atoms with Crippen molar-refractivity contribution in [3.05, 3.63) is 42.0 Å². The molecule has 3 rings (SSSR count). The van der Waals surface area contributed by atoms with E-state index in [0.717, 1.165) is 50.1 Å². The second-order valence-corrected chi connectivity index (χ2v) is 5.40. The smallest absolute Gasteiger partial charge is 0.213 e. The zero-order valence-corrected chi connectivity index (χ0v) is 13.1. The molecule has 0 radical (unpaired) electrons. The Morgan fingerprint density at radius 1 is 1.09 bits per heavy atom. The zero-order chi connectivity index (χ0) is 15.4. The minimum Gasteiger partial charge on any atom is -0.481 e. The largest absolute Gasteiger partial charge is 0.481 e. The number of pyridine rings is 1. The fraction of sp³-hybridized carbons (Fsp3) is 0.438. The Morgan fingerprint density at radius 2 is 1.91 bits per heavy atom. The molecule has 0 amide bonds. The van der Waals surface area contributed by atoms with Crippen molar-refractivity contribution in [2.75, 3.05) is 38.2 Å². The van der Waals surface area contributed by atoms with Gasteiger partial charge in [0.1, 0.15) is 11.6 Å². The number of rotatable bonds is 4. The molecule has 2 aromatic rings. The van der Waals surface area contributed by atoms with E-state index in [9.17, 15) is 0 Å². The highest BCUT2D eigenvalue weighted by Crippen LogP contribution is 2.15. The number of nitrogens with zero attached hydrogens (tertiary/aromatic N) is 5. The standard InChI is InChI=1S/C16H21N5O/c1-13-17-7-6-15(18-13)21-10-8-20(9-11-21)12-14-4-3-5-16(19-14)22-2/h3-7H,8-12H2,1-2H3. The molecule has 1 aliphatic heterocycles. The SMILES string of the molecule is COc1cccc(CN2CCN(c3ccnc(C)n3)CC2)n1. The molecule has 0 N–H and O–H groups in total. The summed E-state index contributed by atoms with van der Waals surface area (Å²) in [6.45, 7) is 6.73. The highest BCUT2D eigenvalue weighted by Gasteiger charge is 2.18. The number of aromatic nitrogens is 3. The average Bonchev–Trinajstić information content (AvgIpc) is 2.56. The van der Waals surface area contributed by atoms with Gasteiger partial charge in [0.05, 0.1) is 12.8 Å². The zero-order valence-electron chi connectivity index (χ0n) is 13.1. The van der Waals surface area contributed by atoms with Gasteiger partial charge in [-0.3, -0.25) is 4.90 Å². The van der Waals surface area contributed by atoms with E-state index in [0.29, 0.717) is 5.88 Å². The van der Waals surface area contributed by atoms with Crippen LogP contribution in [0.2, 0.25) is 0 Å². The summed E-state index contributed by atoms with van der Waals surface area (Å²) in [5.74, 6) is 2.51. The van der Waals surface area contributed by atoms with Crippen molar-refractivity contribution < 1.29 is 4.74 Å². The van der Waals surface area contributed by atoms with Gasteiger partial charge in [0.15, 0.2) is 0 Å². The van der Waals surface area contributed by atoms with Crippen LogP contribution < -0.4 is 9.64 Å². The second-order valence-electron chi connectivity index (χ2n) is 5.40. The minimum absolute atomic E-state index is 0.674. The minimum atomic E-state index is 0.674. The van der Waals surface area contributed by atoms with Crippen LogP contribution in [-0.2, 0) is 6.54 Å². The van der Waals surface area contributed by atoms with Crippen LogP contribution in [0.3, 0.4) is 0 Å². The molecule has 0 saturated carbocycles. The van der Waals surface area contributed by atoms with Crippen molar-refractivity contribution in [3.8, 4) is 5.88 Å². The summed E-state index contributed by atoms with van der Waals surface area (Å²) >= 11 is 0. The van der Waals surface area contributed by atoms with Gasteiger partial charge in [0.25, 0.3) is 0 Å². The van der Waals surface area contributed by atoms with Gasteiger partial charge in [-0.05, 0) is 19.1 Å². The van der Waals surface area contributed by atoms with Crippen LogP contribution in [0.5, 0.6) is 5.88 Å². The van der Waals surface area contributed by atoms with Crippen molar-refractivity contribution in [1.82, 2.24) is 19.9 Å². The van der Waals surface area contributed by atoms with Crippen molar-refractivity contribution >= 4 is 5.82 Å². The number of hydrogen-bond donors (Lipinski definition) is 0. The molecular weight excluding hydrogens is 278 g/mol. The van der Waals surface area contributed by atoms with Crippen LogP contribution in [0.25, 0.3) is 0 Å². The quantitative estimate of drug-likeness (QED) is 0.853. The first kappa shape index (κ1) is 14.7. The number of aryl methyl sites for hydroxylation is 1. The maximum absolute atomic E-state index is 5.18. The summed E-state index contributed by atoms with van der Waals surface area (Å²) in [5, 5.41) is 0. The first-order valence-corrected chi connectivity index (χ1v) is 7.51. The molecular formula is C16H21N5O. The maximum Gasteiger partial charge on any atom is 0.213 e. The van der Waals surface area contributed by atoms with E-state index in [1.807, 2.05) is 37.4 Å². The van der Waals surface area contributed by atoms with Gasteiger partial charge in [-0.1, -0.05) is 6.07 Å². The maximum atomic E-state index is 5.18. The third kappa shape index (κ3) is 3.51. The van der Waals surface area contributed by atoms with E-state index in [1.54, 1.807) is 7.11 Å². The van der Waals surface area contributed by atoms with E-state index < -0.39 is 0 Å². The van der Waals surface area contributed by atoms with Gasteiger partial charge in [-0.25, -0.2) is 15.0 Å². The van der Waals surface area contributed by atoms with Gasteiger partial charge in [0, 0.05) is 45.0 Å². The van der Waals surface area contributed by atoms with Gasteiger partial charge in [-0.15, -0.1) is 0 Å². The molecule has 1 aliphatic rings. The fourth-order valence-electron chi connectivity index (χ4n) is 2.64. The topological polar surface area (TPSA) is 54.4 Å². The number of ether oxygens (including phenoxy) is 1. The van der Waals surface area contributed by atoms with Crippen LogP contribution in [0.15, 0.2) is 30.5 Å². The Labute approximate surface area is 130 Å². The molecule has 22 heavy (non-hydrogen) atoms. The molecule has 116 valence electrons. The summed E-state index contributed by atoms with van der Waals surface area (Å²) < 4.78 is 5.18. The van der Waals surface area contributed by atoms with E-state index in [1.165, 1.54) is 0 Å². The normalized spacial score (nSPS) is 15.8. The van der Waals surface area contributed by atoms with E-state index in [4.69, 9.17) is 4.74 Å². The molecule has 6 heteroatoms. The second kappa shape index (κ2) is 6.70. The van der Waals surface area contributed by atoms with Gasteiger partial charge < -0.3 is 9.64 Å². The lowest BCUT2D eigenvalue weighted by Gasteiger charge is -2.35. The number of piperazine rings is 1. The first-order chi connectivity index (χ1) is 10.7. The summed E-state index contributed by atoms with van der Waals surface area (Å²) in [5.41, 5.74) is 1.05. The molecule has 0 unspecified atom stereocenters. The van der Waals surface area contributed by atoms with Gasteiger partial charge in [0.2, 0.25) is 5.88 Å². The lowest BCUT2D eigenvalue weighted by molar-refractivity contribution is 0.245. The molecule has 6 nitrogen and oxygen atoms in total. The van der Waals surface area contributed by atoms with Crippen LogP contribution in [0, 0.1) is 6.92 Å². The Kier molecular flexibility index (Phi) is 4.48. The summed E-state index contributed by atoms with van der Waals surface area (Å²) in [7, 11) is 1.65. The predicted octanol–water partition coefficient (Wildman–Crippen LogP) is 1.51. The van der Waals surface area contributed by atoms with Crippen molar-refractivity contribution in [2.45, 2.75) is 13.5 Å². The third-order valence-electron chi connectivity index (χ3n) is 3.83. The van der Waals surface area contributed by atoms with Crippen LogP contribution in [0.4, 0.5) is 5.82 Å². The van der Waals surface area contributed by atoms with Gasteiger partial charge >= 0.3 is 0 Å². The fourth-order valence-corrected chi connectivity index (χ4v) is 2.64. The Bertz CT molecular complexity index is 625. The molecule has 0 aliphatic carbocycles. The average molecular weight is 299 g/mol. The molecule has 0 aromatic carbocycles. The van der Waals surface area contributed by atoms with E-state index in [-0.39, 0.29) is 0 Å². The summed E-state index contributed by atoms with van der Waals surface area (Å²) in [4.78, 5) is 17.8. The van der Waals surface area contributed by atoms with Crippen LogP contribution >= 0.6 is 0 Å². The van der Waals surface area contributed by atoms with Crippen LogP contribution in [0.1, 0.15) is 11.5 Å². The molecule has 2 aromatic heterocycles. The number of hydrogen-bond acceptors (Lipinski definition) is 6.